The first-order chi connectivity index (χ1) is 11.0. The molecule has 3 rings (SSSR count). The molecule has 7 heteroatoms. The summed E-state index contributed by atoms with van der Waals surface area (Å²) in [6, 6.07) is 1.72. The number of nitrogens with one attached hydrogen (secondary N) is 2. The number of hydrogen-bond donors (Lipinski definition) is 2. The molecule has 1 amide bonds. The van der Waals surface area contributed by atoms with Crippen molar-refractivity contribution in [3.8, 4) is 0 Å². The van der Waals surface area contributed by atoms with E-state index in [1.807, 2.05) is 18.7 Å². The van der Waals surface area contributed by atoms with E-state index in [4.69, 9.17) is 4.52 Å². The second-order valence-electron chi connectivity index (χ2n) is 6.05. The lowest BCUT2D eigenvalue weighted by atomic mass is 10.1. The fourth-order valence-corrected chi connectivity index (χ4v) is 3.02. The van der Waals surface area contributed by atoms with E-state index in [1.54, 1.807) is 18.5 Å². The molecule has 6 nitrogen and oxygen atoms in total. The first-order valence-corrected chi connectivity index (χ1v) is 7.75. The van der Waals surface area contributed by atoms with Gasteiger partial charge in [-0.15, -0.1) is 0 Å². The van der Waals surface area contributed by atoms with Gasteiger partial charge in [-0.3, -0.25) is 9.69 Å². The van der Waals surface area contributed by atoms with E-state index in [-0.39, 0.29) is 11.9 Å². The van der Waals surface area contributed by atoms with Gasteiger partial charge in [-0.25, -0.2) is 4.39 Å². The molecule has 1 aliphatic rings. The number of aromatic amines is 1. The predicted octanol–water partition coefficient (Wildman–Crippen LogP) is 1.96. The van der Waals surface area contributed by atoms with Crippen LogP contribution >= 0.6 is 0 Å². The smallest absolute Gasteiger partial charge is 0.253 e. The standard InChI is InChI=1S/C16H21FN4O2/c1-10-15(3-4-18-10)16(22)19-7-14-5-13(17)9-21(14)8-12-6-20-23-11(12)2/h3-4,6,13-14,18H,5,7-9H2,1-2H3,(H,19,22)/t13-,14-/m0/s1. The Morgan fingerprint density at radius 3 is 3.04 bits per heavy atom. The number of amides is 1. The van der Waals surface area contributed by atoms with Crippen LogP contribution in [0.25, 0.3) is 0 Å². The minimum Gasteiger partial charge on any atom is -0.365 e. The number of hydrogen-bond acceptors (Lipinski definition) is 4. The number of carbonyl (C=O) groups is 1. The van der Waals surface area contributed by atoms with Crippen molar-refractivity contribution in [2.24, 2.45) is 0 Å². The summed E-state index contributed by atoms with van der Waals surface area (Å²) in [7, 11) is 0. The molecule has 0 radical (unpaired) electrons. The van der Waals surface area contributed by atoms with Gasteiger partial charge in [-0.1, -0.05) is 5.16 Å². The third kappa shape index (κ3) is 3.44. The van der Waals surface area contributed by atoms with Crippen molar-refractivity contribution in [2.75, 3.05) is 13.1 Å². The largest absolute Gasteiger partial charge is 0.365 e. The molecule has 2 N–H and O–H groups in total. The Bertz CT molecular complexity index is 681. The van der Waals surface area contributed by atoms with E-state index < -0.39 is 6.17 Å². The van der Waals surface area contributed by atoms with Crippen LogP contribution in [0.15, 0.2) is 23.0 Å². The molecule has 0 aliphatic carbocycles. The lowest BCUT2D eigenvalue weighted by Gasteiger charge is -2.23. The number of nitrogens with zero attached hydrogens (tertiary/aromatic N) is 2. The van der Waals surface area contributed by atoms with E-state index in [0.717, 1.165) is 17.0 Å². The topological polar surface area (TPSA) is 74.2 Å². The molecule has 0 bridgehead atoms. The number of rotatable bonds is 5. The summed E-state index contributed by atoms with van der Waals surface area (Å²) in [6.07, 6.45) is 2.96. The van der Waals surface area contributed by atoms with Crippen molar-refractivity contribution in [3.05, 3.63) is 41.0 Å². The highest BCUT2D eigenvalue weighted by molar-refractivity contribution is 5.95. The number of H-pyrrole nitrogens is 1. The molecule has 0 aromatic carbocycles. The molecular formula is C16H21FN4O2. The number of halogens is 1. The Kier molecular flexibility index (Phi) is 4.47. The normalized spacial score (nSPS) is 21.7. The fraction of sp³-hybridized carbons (Fsp3) is 0.500. The molecule has 1 aliphatic heterocycles. The number of likely N-dealkylation sites (tertiary alicyclic amines) is 1. The summed E-state index contributed by atoms with van der Waals surface area (Å²) in [6.45, 7) is 5.07. The Morgan fingerprint density at radius 2 is 2.39 bits per heavy atom. The zero-order chi connectivity index (χ0) is 16.4. The molecule has 0 saturated carbocycles. The quantitative estimate of drug-likeness (QED) is 0.883. The van der Waals surface area contributed by atoms with Gasteiger partial charge in [0.15, 0.2) is 0 Å². The van der Waals surface area contributed by atoms with Crippen molar-refractivity contribution in [1.29, 1.82) is 0 Å². The van der Waals surface area contributed by atoms with E-state index in [2.05, 4.69) is 15.5 Å². The molecule has 1 saturated heterocycles. The van der Waals surface area contributed by atoms with Gasteiger partial charge in [-0.2, -0.15) is 0 Å². The van der Waals surface area contributed by atoms with Gasteiger partial charge in [0.25, 0.3) is 5.91 Å². The minimum atomic E-state index is -0.869. The third-order valence-corrected chi connectivity index (χ3v) is 4.40. The maximum absolute atomic E-state index is 13.8. The van der Waals surface area contributed by atoms with Crippen LogP contribution in [0.2, 0.25) is 0 Å². The Labute approximate surface area is 134 Å². The second kappa shape index (κ2) is 6.54. The molecule has 124 valence electrons. The average Bonchev–Trinajstić information content (AvgIpc) is 3.19. The van der Waals surface area contributed by atoms with Crippen LogP contribution in [-0.4, -0.2) is 46.3 Å². The van der Waals surface area contributed by atoms with Gasteiger partial charge < -0.3 is 14.8 Å². The molecule has 2 atom stereocenters. The van der Waals surface area contributed by atoms with Gasteiger partial charge in [0.05, 0.1) is 11.8 Å². The van der Waals surface area contributed by atoms with Crippen molar-refractivity contribution >= 4 is 5.91 Å². The molecule has 2 aromatic heterocycles. The third-order valence-electron chi connectivity index (χ3n) is 4.40. The molecule has 0 spiro atoms. The lowest BCUT2D eigenvalue weighted by Crippen LogP contribution is -2.39. The van der Waals surface area contributed by atoms with Gasteiger partial charge in [0.1, 0.15) is 11.9 Å². The van der Waals surface area contributed by atoms with Crippen LogP contribution in [0.1, 0.15) is 33.8 Å². The zero-order valence-corrected chi connectivity index (χ0v) is 13.3. The van der Waals surface area contributed by atoms with Crippen LogP contribution < -0.4 is 5.32 Å². The number of carbonyl (C=O) groups excluding carboxylic acids is 1. The van der Waals surface area contributed by atoms with E-state index >= 15 is 0 Å². The van der Waals surface area contributed by atoms with Gasteiger partial charge in [0.2, 0.25) is 0 Å². The molecule has 0 unspecified atom stereocenters. The monoisotopic (exact) mass is 320 g/mol. The van der Waals surface area contributed by atoms with Crippen LogP contribution in [0.4, 0.5) is 4.39 Å². The first-order valence-electron chi connectivity index (χ1n) is 7.75. The van der Waals surface area contributed by atoms with Crippen LogP contribution in [0.5, 0.6) is 0 Å². The van der Waals surface area contributed by atoms with Crippen molar-refractivity contribution in [1.82, 2.24) is 20.4 Å². The molecule has 3 heterocycles. The highest BCUT2D eigenvalue weighted by Gasteiger charge is 2.32. The van der Waals surface area contributed by atoms with Crippen molar-refractivity contribution in [2.45, 2.75) is 39.0 Å². The van der Waals surface area contributed by atoms with Crippen molar-refractivity contribution < 1.29 is 13.7 Å². The second-order valence-corrected chi connectivity index (χ2v) is 6.05. The highest BCUT2D eigenvalue weighted by Crippen LogP contribution is 2.23. The summed E-state index contributed by atoms with van der Waals surface area (Å²) < 4.78 is 18.9. The molecule has 2 aromatic rings. The molecule has 1 fully saturated rings. The number of aromatic nitrogens is 2. The number of aryl methyl sites for hydroxylation is 2. The summed E-state index contributed by atoms with van der Waals surface area (Å²) in [5.74, 6) is 0.616. The maximum atomic E-state index is 13.8. The van der Waals surface area contributed by atoms with E-state index in [9.17, 15) is 9.18 Å². The minimum absolute atomic E-state index is 0.0255. The molecule has 23 heavy (non-hydrogen) atoms. The zero-order valence-electron chi connectivity index (χ0n) is 13.3. The van der Waals surface area contributed by atoms with Crippen molar-refractivity contribution in [3.63, 3.8) is 0 Å². The van der Waals surface area contributed by atoms with E-state index in [1.165, 1.54) is 0 Å². The average molecular weight is 320 g/mol. The van der Waals surface area contributed by atoms with Crippen LogP contribution in [-0.2, 0) is 6.54 Å². The maximum Gasteiger partial charge on any atom is 0.253 e. The highest BCUT2D eigenvalue weighted by atomic mass is 19.1. The van der Waals surface area contributed by atoms with E-state index in [0.29, 0.717) is 31.6 Å². The fourth-order valence-electron chi connectivity index (χ4n) is 3.02. The first kappa shape index (κ1) is 15.7. The summed E-state index contributed by atoms with van der Waals surface area (Å²) >= 11 is 0. The number of alkyl halides is 1. The Hall–Kier alpha value is -2.15. The van der Waals surface area contributed by atoms with Gasteiger partial charge in [-0.05, 0) is 26.3 Å². The summed E-state index contributed by atoms with van der Waals surface area (Å²) in [5.41, 5.74) is 2.41. The molecular weight excluding hydrogens is 299 g/mol. The predicted molar refractivity (Wildman–Crippen MR) is 82.8 cm³/mol. The van der Waals surface area contributed by atoms with Crippen LogP contribution in [0, 0.1) is 13.8 Å². The SMILES string of the molecule is Cc1[nH]ccc1C(=O)NC[C@@H]1C[C@H](F)CN1Cc1cnoc1C. The van der Waals surface area contributed by atoms with Crippen LogP contribution in [0.3, 0.4) is 0 Å². The lowest BCUT2D eigenvalue weighted by molar-refractivity contribution is 0.0939. The van der Waals surface area contributed by atoms with Gasteiger partial charge >= 0.3 is 0 Å². The Balaban J connectivity index is 1.60. The summed E-state index contributed by atoms with van der Waals surface area (Å²) in [4.78, 5) is 17.2. The summed E-state index contributed by atoms with van der Waals surface area (Å²) in [5, 5.41) is 6.66. The van der Waals surface area contributed by atoms with Gasteiger partial charge in [0, 0.05) is 43.1 Å². The Morgan fingerprint density at radius 1 is 1.57 bits per heavy atom.